The Kier molecular flexibility index (Phi) is 4.62. The van der Waals surface area contributed by atoms with Crippen LogP contribution in [-0.4, -0.2) is 34.9 Å². The second-order valence-electron chi connectivity index (χ2n) is 6.37. The third kappa shape index (κ3) is 2.88. The van der Waals surface area contributed by atoms with E-state index >= 15 is 0 Å². The van der Waals surface area contributed by atoms with Crippen LogP contribution >= 0.6 is 23.1 Å². The van der Waals surface area contributed by atoms with Crippen molar-refractivity contribution < 1.29 is 4.79 Å². The zero-order chi connectivity index (χ0) is 14.9. The van der Waals surface area contributed by atoms with Crippen LogP contribution in [0.2, 0.25) is 0 Å². The second kappa shape index (κ2) is 6.31. The molecule has 1 aromatic heterocycles. The Hall–Kier alpha value is -0.520. The molecule has 2 fully saturated rings. The van der Waals surface area contributed by atoms with E-state index in [1.54, 1.807) is 11.3 Å². The summed E-state index contributed by atoms with van der Waals surface area (Å²) in [4.78, 5) is 16.4. The molecule has 3 nitrogen and oxygen atoms in total. The molecule has 1 saturated carbocycles. The van der Waals surface area contributed by atoms with E-state index in [9.17, 15) is 4.79 Å². The van der Waals surface area contributed by atoms with Gasteiger partial charge in [-0.2, -0.15) is 11.8 Å². The highest BCUT2D eigenvalue weighted by Gasteiger charge is 2.52. The number of carbonyl (C=O) groups is 1. The fourth-order valence-corrected chi connectivity index (χ4v) is 5.12. The van der Waals surface area contributed by atoms with Crippen molar-refractivity contribution in [2.45, 2.75) is 44.3 Å². The zero-order valence-electron chi connectivity index (χ0n) is 12.8. The van der Waals surface area contributed by atoms with E-state index in [2.05, 4.69) is 40.9 Å². The maximum absolute atomic E-state index is 13.0. The van der Waals surface area contributed by atoms with Gasteiger partial charge in [0.15, 0.2) is 0 Å². The highest BCUT2D eigenvalue weighted by molar-refractivity contribution is 7.98. The normalized spacial score (nSPS) is 25.9. The Bertz CT molecular complexity index is 482. The molecule has 5 heteroatoms. The summed E-state index contributed by atoms with van der Waals surface area (Å²) in [5.41, 5.74) is -0.270. The molecule has 1 N–H and O–H groups in total. The van der Waals surface area contributed by atoms with E-state index in [1.165, 1.54) is 17.7 Å². The van der Waals surface area contributed by atoms with Gasteiger partial charge in [0.2, 0.25) is 5.91 Å². The second-order valence-corrected chi connectivity index (χ2v) is 8.26. The average Bonchev–Trinajstić information content (AvgIpc) is 3.17. The van der Waals surface area contributed by atoms with E-state index in [0.717, 1.165) is 25.1 Å². The van der Waals surface area contributed by atoms with Gasteiger partial charge in [-0.3, -0.25) is 10.1 Å². The van der Waals surface area contributed by atoms with Crippen LogP contribution in [-0.2, 0) is 4.79 Å². The SMILES string of the molecule is CSCC(C)CN1C(=O)C2(CCCC2)NC1c1cccs1. The summed E-state index contributed by atoms with van der Waals surface area (Å²) in [6.45, 7) is 3.10. The quantitative estimate of drug-likeness (QED) is 0.900. The van der Waals surface area contributed by atoms with Gasteiger partial charge in [0.1, 0.15) is 6.17 Å². The Labute approximate surface area is 135 Å². The van der Waals surface area contributed by atoms with E-state index in [-0.39, 0.29) is 11.7 Å². The lowest BCUT2D eigenvalue weighted by atomic mass is 9.98. The number of thiophene rings is 1. The van der Waals surface area contributed by atoms with Gasteiger partial charge >= 0.3 is 0 Å². The molecule has 1 aromatic rings. The van der Waals surface area contributed by atoms with Crippen molar-refractivity contribution in [3.8, 4) is 0 Å². The van der Waals surface area contributed by atoms with Gasteiger partial charge in [0.25, 0.3) is 0 Å². The molecule has 1 aliphatic heterocycles. The van der Waals surface area contributed by atoms with Crippen LogP contribution in [0.5, 0.6) is 0 Å². The van der Waals surface area contributed by atoms with Gasteiger partial charge in [-0.25, -0.2) is 0 Å². The molecule has 2 atom stereocenters. The summed E-state index contributed by atoms with van der Waals surface area (Å²) in [5, 5.41) is 5.80. The number of hydrogen-bond acceptors (Lipinski definition) is 4. The molecular weight excluding hydrogens is 300 g/mol. The summed E-state index contributed by atoms with van der Waals surface area (Å²) in [6.07, 6.45) is 6.56. The first-order chi connectivity index (χ1) is 10.2. The summed E-state index contributed by atoms with van der Waals surface area (Å²) in [6, 6.07) is 4.23. The van der Waals surface area contributed by atoms with E-state index < -0.39 is 0 Å². The Morgan fingerprint density at radius 3 is 2.90 bits per heavy atom. The van der Waals surface area contributed by atoms with Crippen LogP contribution in [0, 0.1) is 5.92 Å². The number of carbonyl (C=O) groups excluding carboxylic acids is 1. The van der Waals surface area contributed by atoms with Crippen molar-refractivity contribution in [3.05, 3.63) is 22.4 Å². The standard InChI is InChI=1S/C16H24N2OS2/c1-12(11-20-2)10-18-14(13-6-5-9-21-13)17-16(15(18)19)7-3-4-8-16/h5-6,9,12,14,17H,3-4,7-8,10-11H2,1-2H3. The number of hydrogen-bond donors (Lipinski definition) is 1. The first kappa shape index (κ1) is 15.4. The topological polar surface area (TPSA) is 32.3 Å². The lowest BCUT2D eigenvalue weighted by Crippen LogP contribution is -2.44. The summed E-state index contributed by atoms with van der Waals surface area (Å²) in [5.74, 6) is 1.98. The minimum atomic E-state index is -0.270. The number of amides is 1. The van der Waals surface area contributed by atoms with Crippen molar-refractivity contribution in [1.29, 1.82) is 0 Å². The van der Waals surface area contributed by atoms with Crippen molar-refractivity contribution in [1.82, 2.24) is 10.2 Å². The first-order valence-electron chi connectivity index (χ1n) is 7.77. The molecule has 2 heterocycles. The molecule has 1 spiro atoms. The third-order valence-corrected chi connectivity index (χ3v) is 6.45. The molecule has 3 rings (SSSR count). The number of nitrogens with one attached hydrogen (secondary N) is 1. The van der Waals surface area contributed by atoms with Gasteiger partial charge in [-0.1, -0.05) is 25.8 Å². The van der Waals surface area contributed by atoms with Crippen LogP contribution in [0.4, 0.5) is 0 Å². The number of rotatable bonds is 5. The largest absolute Gasteiger partial charge is 0.320 e. The summed E-state index contributed by atoms with van der Waals surface area (Å²) >= 11 is 3.61. The van der Waals surface area contributed by atoms with Crippen LogP contribution in [0.3, 0.4) is 0 Å². The average molecular weight is 325 g/mol. The molecule has 2 unspecified atom stereocenters. The maximum Gasteiger partial charge on any atom is 0.244 e. The Morgan fingerprint density at radius 2 is 2.29 bits per heavy atom. The molecule has 0 radical (unpaired) electrons. The maximum atomic E-state index is 13.0. The van der Waals surface area contributed by atoms with E-state index in [0.29, 0.717) is 11.8 Å². The van der Waals surface area contributed by atoms with E-state index in [1.807, 2.05) is 11.8 Å². The summed E-state index contributed by atoms with van der Waals surface area (Å²) in [7, 11) is 0. The predicted molar refractivity (Wildman–Crippen MR) is 90.7 cm³/mol. The Morgan fingerprint density at radius 1 is 1.52 bits per heavy atom. The molecular formula is C16H24N2OS2. The highest BCUT2D eigenvalue weighted by atomic mass is 32.2. The van der Waals surface area contributed by atoms with Crippen LogP contribution in [0.25, 0.3) is 0 Å². The fourth-order valence-electron chi connectivity index (χ4n) is 3.66. The van der Waals surface area contributed by atoms with Crippen LogP contribution in [0.1, 0.15) is 43.6 Å². The molecule has 116 valence electrons. The molecule has 1 aliphatic carbocycles. The van der Waals surface area contributed by atoms with Gasteiger partial charge < -0.3 is 4.90 Å². The summed E-state index contributed by atoms with van der Waals surface area (Å²) < 4.78 is 0. The molecule has 2 aliphatic rings. The lowest BCUT2D eigenvalue weighted by Gasteiger charge is -2.26. The van der Waals surface area contributed by atoms with Crippen molar-refractivity contribution >= 4 is 29.0 Å². The van der Waals surface area contributed by atoms with Crippen molar-refractivity contribution in [2.75, 3.05) is 18.6 Å². The molecule has 0 aromatic carbocycles. The zero-order valence-corrected chi connectivity index (χ0v) is 14.4. The minimum Gasteiger partial charge on any atom is -0.320 e. The first-order valence-corrected chi connectivity index (χ1v) is 10.0. The fraction of sp³-hybridized carbons (Fsp3) is 0.688. The van der Waals surface area contributed by atoms with Gasteiger partial charge in [-0.05, 0) is 42.2 Å². The van der Waals surface area contributed by atoms with Crippen molar-refractivity contribution in [3.63, 3.8) is 0 Å². The van der Waals surface area contributed by atoms with E-state index in [4.69, 9.17) is 0 Å². The number of nitrogens with zero attached hydrogens (tertiary/aromatic N) is 1. The van der Waals surface area contributed by atoms with Crippen molar-refractivity contribution in [2.24, 2.45) is 5.92 Å². The van der Waals surface area contributed by atoms with Gasteiger partial charge in [-0.15, -0.1) is 11.3 Å². The van der Waals surface area contributed by atoms with Gasteiger partial charge in [0, 0.05) is 11.4 Å². The van der Waals surface area contributed by atoms with Crippen LogP contribution in [0.15, 0.2) is 17.5 Å². The lowest BCUT2D eigenvalue weighted by molar-refractivity contribution is -0.133. The molecule has 21 heavy (non-hydrogen) atoms. The predicted octanol–water partition coefficient (Wildman–Crippen LogP) is 3.49. The monoisotopic (exact) mass is 324 g/mol. The minimum absolute atomic E-state index is 0.0832. The Balaban J connectivity index is 1.83. The third-order valence-electron chi connectivity index (χ3n) is 4.62. The van der Waals surface area contributed by atoms with Gasteiger partial charge in [0.05, 0.1) is 5.54 Å². The molecule has 1 saturated heterocycles. The number of thioether (sulfide) groups is 1. The molecule has 0 bridgehead atoms. The highest BCUT2D eigenvalue weighted by Crippen LogP contribution is 2.42. The molecule has 1 amide bonds. The van der Waals surface area contributed by atoms with Crippen LogP contribution < -0.4 is 5.32 Å². The smallest absolute Gasteiger partial charge is 0.244 e.